The third kappa shape index (κ3) is 4.87. The number of esters is 1. The van der Waals surface area contributed by atoms with Crippen molar-refractivity contribution in [3.8, 4) is 11.5 Å². The van der Waals surface area contributed by atoms with Gasteiger partial charge in [-0.15, -0.1) is 0 Å². The maximum absolute atomic E-state index is 13.1. The standard InChI is InChI=1S/C23H27N2O5S/c1-3-31(27,28)25(13-5-6-19(16-24)17-25)20-7-4-8-22(15-20)30-21-11-9-18(10-12-21)14-23(26)29-2/h4-12,15,17H,3,13-14,16,24H2,1-2H3/q+1. The molecule has 0 aromatic heterocycles. The topological polar surface area (TPSA) is 95.7 Å². The van der Waals surface area contributed by atoms with Gasteiger partial charge in [0.2, 0.25) is 0 Å². The molecule has 164 valence electrons. The molecule has 1 heterocycles. The van der Waals surface area contributed by atoms with Crippen LogP contribution < -0.4 is 14.4 Å². The quantitative estimate of drug-likeness (QED) is 0.497. The van der Waals surface area contributed by atoms with Crippen molar-refractivity contribution in [2.24, 2.45) is 5.73 Å². The van der Waals surface area contributed by atoms with Gasteiger partial charge in [0.15, 0.2) is 5.69 Å². The van der Waals surface area contributed by atoms with Gasteiger partial charge in [-0.25, -0.2) is 0 Å². The predicted molar refractivity (Wildman–Crippen MR) is 121 cm³/mol. The molecule has 0 aliphatic carbocycles. The molecule has 7 nitrogen and oxygen atoms in total. The number of hydrogen-bond donors (Lipinski definition) is 1. The minimum atomic E-state index is -3.53. The zero-order chi connectivity index (χ0) is 22.5. The van der Waals surface area contributed by atoms with E-state index in [4.69, 9.17) is 10.5 Å². The number of carbonyl (C=O) groups excluding carboxylic acids is 1. The third-order valence-corrected chi connectivity index (χ3v) is 7.36. The summed E-state index contributed by atoms with van der Waals surface area (Å²) >= 11 is 0. The van der Waals surface area contributed by atoms with Crippen molar-refractivity contribution < 1.29 is 22.7 Å². The Morgan fingerprint density at radius 3 is 2.52 bits per heavy atom. The van der Waals surface area contributed by atoms with E-state index in [1.165, 1.54) is 7.11 Å². The van der Waals surface area contributed by atoms with Crippen LogP contribution in [0.15, 0.2) is 72.5 Å². The lowest BCUT2D eigenvalue weighted by molar-refractivity contribution is -0.139. The van der Waals surface area contributed by atoms with Gasteiger partial charge >= 0.3 is 16.0 Å². The molecule has 0 fully saturated rings. The number of nitrogens with zero attached hydrogens (tertiary/aromatic N) is 1. The highest BCUT2D eigenvalue weighted by molar-refractivity contribution is 7.91. The Hall–Kier alpha value is -2.94. The van der Waals surface area contributed by atoms with Crippen LogP contribution in [0.1, 0.15) is 12.5 Å². The molecule has 0 bridgehead atoms. The summed E-state index contributed by atoms with van der Waals surface area (Å²) in [7, 11) is -2.18. The van der Waals surface area contributed by atoms with Gasteiger partial charge in [0.05, 0.1) is 19.3 Å². The van der Waals surface area contributed by atoms with Crippen LogP contribution in [0.25, 0.3) is 0 Å². The Morgan fingerprint density at radius 1 is 1.13 bits per heavy atom. The van der Waals surface area contributed by atoms with E-state index in [1.54, 1.807) is 61.7 Å². The molecule has 2 aromatic carbocycles. The zero-order valence-corrected chi connectivity index (χ0v) is 18.5. The highest BCUT2D eigenvalue weighted by Crippen LogP contribution is 2.35. The molecule has 0 radical (unpaired) electrons. The molecule has 2 N–H and O–H groups in total. The second-order valence-electron chi connectivity index (χ2n) is 7.16. The number of ether oxygens (including phenoxy) is 2. The number of hydrogen-bond acceptors (Lipinski definition) is 6. The van der Waals surface area contributed by atoms with Crippen molar-refractivity contribution in [2.45, 2.75) is 13.3 Å². The fourth-order valence-corrected chi connectivity index (χ4v) is 4.95. The SMILES string of the molecule is CCS(=O)(=O)[N+]1(c2cccc(Oc3ccc(CC(=O)OC)cc3)c2)C=C(CN)C=CC1. The van der Waals surface area contributed by atoms with Crippen molar-refractivity contribution >= 4 is 21.7 Å². The lowest BCUT2D eigenvalue weighted by Crippen LogP contribution is -2.51. The third-order valence-electron chi connectivity index (χ3n) is 5.17. The Balaban J connectivity index is 1.92. The number of benzene rings is 2. The van der Waals surface area contributed by atoms with Gasteiger partial charge in [-0.2, -0.15) is 12.3 Å². The first kappa shape index (κ1) is 22.7. The average Bonchev–Trinajstić information content (AvgIpc) is 2.80. The van der Waals surface area contributed by atoms with Crippen molar-refractivity contribution in [1.29, 1.82) is 0 Å². The molecule has 1 unspecified atom stereocenters. The van der Waals surface area contributed by atoms with Crippen LogP contribution in [0.2, 0.25) is 0 Å². The fraction of sp³-hybridized carbons (Fsp3) is 0.261. The molecule has 1 aliphatic heterocycles. The molecule has 0 amide bonds. The lowest BCUT2D eigenvalue weighted by Gasteiger charge is -2.34. The van der Waals surface area contributed by atoms with Gasteiger partial charge in [0.25, 0.3) is 0 Å². The van der Waals surface area contributed by atoms with E-state index < -0.39 is 10.0 Å². The minimum absolute atomic E-state index is 0.0120. The van der Waals surface area contributed by atoms with E-state index in [0.29, 0.717) is 17.2 Å². The maximum atomic E-state index is 13.1. The number of rotatable bonds is 8. The largest absolute Gasteiger partial charge is 0.469 e. The van der Waals surface area contributed by atoms with Crippen molar-refractivity contribution in [2.75, 3.05) is 26.0 Å². The van der Waals surface area contributed by atoms with Crippen LogP contribution >= 0.6 is 0 Å². The fourth-order valence-electron chi connectivity index (χ4n) is 3.44. The van der Waals surface area contributed by atoms with Crippen LogP contribution in [-0.2, 0) is 26.0 Å². The predicted octanol–water partition coefficient (Wildman–Crippen LogP) is 3.26. The van der Waals surface area contributed by atoms with E-state index in [0.717, 1.165) is 11.1 Å². The highest BCUT2D eigenvalue weighted by Gasteiger charge is 2.42. The van der Waals surface area contributed by atoms with Crippen LogP contribution in [0.5, 0.6) is 11.5 Å². The zero-order valence-electron chi connectivity index (χ0n) is 17.7. The van der Waals surface area contributed by atoms with Gasteiger partial charge in [-0.05, 0) is 36.8 Å². The summed E-state index contributed by atoms with van der Waals surface area (Å²) in [6.45, 7) is 2.18. The summed E-state index contributed by atoms with van der Waals surface area (Å²) in [4.78, 5) is 11.4. The van der Waals surface area contributed by atoms with Crippen LogP contribution in [0, 0.1) is 0 Å². The summed E-state index contributed by atoms with van der Waals surface area (Å²) in [5, 5.41) is 0. The number of sulfonamides is 1. The van der Waals surface area contributed by atoms with Gasteiger partial charge in [-0.1, -0.05) is 24.3 Å². The number of nitrogens with two attached hydrogens (primary N) is 1. The van der Waals surface area contributed by atoms with E-state index in [-0.39, 0.29) is 35.1 Å². The summed E-state index contributed by atoms with van der Waals surface area (Å²) in [5.74, 6) is 0.766. The molecule has 2 aromatic rings. The molecule has 1 atom stereocenters. The smallest absolute Gasteiger partial charge is 0.309 e. The monoisotopic (exact) mass is 443 g/mol. The molecule has 1 aliphatic rings. The molecule has 3 rings (SSSR count). The lowest BCUT2D eigenvalue weighted by atomic mass is 10.1. The van der Waals surface area contributed by atoms with Crippen LogP contribution in [0.4, 0.5) is 5.69 Å². The van der Waals surface area contributed by atoms with Gasteiger partial charge in [-0.3, -0.25) is 4.79 Å². The second-order valence-corrected chi connectivity index (χ2v) is 9.55. The summed E-state index contributed by atoms with van der Waals surface area (Å²) in [6, 6.07) is 14.2. The molecule has 0 spiro atoms. The second kappa shape index (κ2) is 9.47. The summed E-state index contributed by atoms with van der Waals surface area (Å²) < 4.78 is 36.6. The van der Waals surface area contributed by atoms with Gasteiger partial charge in [0.1, 0.15) is 24.2 Å². The van der Waals surface area contributed by atoms with Crippen molar-refractivity contribution in [1.82, 2.24) is 3.89 Å². The molecule has 0 saturated carbocycles. The summed E-state index contributed by atoms with van der Waals surface area (Å²) in [5.41, 5.74) is 7.94. The highest BCUT2D eigenvalue weighted by atomic mass is 32.2. The Kier molecular flexibility index (Phi) is 6.94. The average molecular weight is 444 g/mol. The van der Waals surface area contributed by atoms with Crippen LogP contribution in [0.3, 0.4) is 0 Å². The van der Waals surface area contributed by atoms with Gasteiger partial charge < -0.3 is 15.2 Å². The maximum Gasteiger partial charge on any atom is 0.309 e. The van der Waals surface area contributed by atoms with E-state index in [9.17, 15) is 13.2 Å². The minimum Gasteiger partial charge on any atom is -0.469 e. The first-order chi connectivity index (χ1) is 14.8. The first-order valence-electron chi connectivity index (χ1n) is 9.97. The first-order valence-corrected chi connectivity index (χ1v) is 11.6. The normalized spacial score (nSPS) is 18.4. The molecular formula is C23H27N2O5S+. The molecule has 8 heteroatoms. The number of methoxy groups -OCH3 is 1. The molecular weight excluding hydrogens is 416 g/mol. The van der Waals surface area contributed by atoms with E-state index in [2.05, 4.69) is 4.74 Å². The van der Waals surface area contributed by atoms with Crippen molar-refractivity contribution in [3.63, 3.8) is 0 Å². The van der Waals surface area contributed by atoms with Crippen molar-refractivity contribution in [3.05, 3.63) is 78.0 Å². The van der Waals surface area contributed by atoms with Crippen LogP contribution in [-0.4, -0.2) is 40.3 Å². The van der Waals surface area contributed by atoms with E-state index in [1.807, 2.05) is 12.2 Å². The molecule has 31 heavy (non-hydrogen) atoms. The summed E-state index contributed by atoms with van der Waals surface area (Å²) in [6.07, 6.45) is 5.59. The number of carbonyl (C=O) groups is 1. The Morgan fingerprint density at radius 2 is 1.87 bits per heavy atom. The number of quaternary nitrogens is 1. The Bertz CT molecular complexity index is 1110. The van der Waals surface area contributed by atoms with E-state index >= 15 is 0 Å². The molecule has 0 saturated heterocycles. The van der Waals surface area contributed by atoms with Gasteiger partial charge in [0, 0.05) is 24.3 Å². The Labute approximate surface area is 183 Å².